The molecular weight excluding hydrogens is 198 g/mol. The SMILES string of the molecule is CNc1ccc(OC2CCC(C)CC2)cc1. The minimum atomic E-state index is 0.427. The van der Waals surface area contributed by atoms with Crippen molar-refractivity contribution in [2.75, 3.05) is 12.4 Å². The molecule has 88 valence electrons. The summed E-state index contributed by atoms with van der Waals surface area (Å²) >= 11 is 0. The van der Waals surface area contributed by atoms with Crippen molar-refractivity contribution in [3.05, 3.63) is 24.3 Å². The van der Waals surface area contributed by atoms with Gasteiger partial charge in [0.15, 0.2) is 0 Å². The second-order valence-corrected chi connectivity index (χ2v) is 4.77. The standard InChI is InChI=1S/C14H21NO/c1-11-3-7-13(8-4-11)16-14-9-5-12(15-2)6-10-14/h5-6,9-11,13,15H,3-4,7-8H2,1-2H3. The molecule has 2 rings (SSSR count). The van der Waals surface area contributed by atoms with Gasteiger partial charge in [-0.3, -0.25) is 0 Å². The van der Waals surface area contributed by atoms with E-state index >= 15 is 0 Å². The number of hydrogen-bond donors (Lipinski definition) is 1. The summed E-state index contributed by atoms with van der Waals surface area (Å²) in [4.78, 5) is 0. The van der Waals surface area contributed by atoms with Crippen molar-refractivity contribution < 1.29 is 4.74 Å². The first-order chi connectivity index (χ1) is 7.78. The van der Waals surface area contributed by atoms with Gasteiger partial charge in [-0.25, -0.2) is 0 Å². The number of anilines is 1. The van der Waals surface area contributed by atoms with Crippen molar-refractivity contribution in [2.45, 2.75) is 38.7 Å². The summed E-state index contributed by atoms with van der Waals surface area (Å²) in [6.07, 6.45) is 5.44. The van der Waals surface area contributed by atoms with E-state index in [1.807, 2.05) is 19.2 Å². The van der Waals surface area contributed by atoms with E-state index in [-0.39, 0.29) is 0 Å². The van der Waals surface area contributed by atoms with E-state index in [2.05, 4.69) is 24.4 Å². The lowest BCUT2D eigenvalue weighted by atomic mass is 9.89. The van der Waals surface area contributed by atoms with Crippen LogP contribution in [0.15, 0.2) is 24.3 Å². The maximum atomic E-state index is 5.98. The molecule has 1 aromatic rings. The first kappa shape index (κ1) is 11.3. The van der Waals surface area contributed by atoms with Gasteiger partial charge in [-0.15, -0.1) is 0 Å². The van der Waals surface area contributed by atoms with Gasteiger partial charge in [-0.1, -0.05) is 6.92 Å². The third-order valence-electron chi connectivity index (χ3n) is 3.41. The number of benzene rings is 1. The maximum absolute atomic E-state index is 5.98. The molecule has 0 spiro atoms. The molecule has 0 saturated heterocycles. The zero-order valence-corrected chi connectivity index (χ0v) is 10.2. The normalized spacial score (nSPS) is 25.1. The molecule has 0 radical (unpaired) electrons. The minimum absolute atomic E-state index is 0.427. The van der Waals surface area contributed by atoms with Crippen LogP contribution in [0.5, 0.6) is 5.75 Å². The van der Waals surface area contributed by atoms with Gasteiger partial charge >= 0.3 is 0 Å². The van der Waals surface area contributed by atoms with E-state index in [0.29, 0.717) is 6.10 Å². The lowest BCUT2D eigenvalue weighted by molar-refractivity contribution is 0.135. The molecule has 2 heteroatoms. The van der Waals surface area contributed by atoms with Gasteiger partial charge in [0, 0.05) is 12.7 Å². The third kappa shape index (κ3) is 2.91. The fourth-order valence-electron chi connectivity index (χ4n) is 2.24. The maximum Gasteiger partial charge on any atom is 0.119 e. The molecule has 0 amide bonds. The van der Waals surface area contributed by atoms with Crippen LogP contribution in [0.4, 0.5) is 5.69 Å². The second kappa shape index (κ2) is 5.24. The second-order valence-electron chi connectivity index (χ2n) is 4.77. The summed E-state index contributed by atoms with van der Waals surface area (Å²) in [6.45, 7) is 2.33. The molecule has 1 N–H and O–H groups in total. The van der Waals surface area contributed by atoms with Crippen LogP contribution in [0.2, 0.25) is 0 Å². The Morgan fingerprint density at radius 3 is 2.25 bits per heavy atom. The Morgan fingerprint density at radius 1 is 1.06 bits per heavy atom. The van der Waals surface area contributed by atoms with Crippen molar-refractivity contribution in [3.63, 3.8) is 0 Å². The Bertz CT molecular complexity index is 312. The molecule has 1 saturated carbocycles. The van der Waals surface area contributed by atoms with E-state index in [1.54, 1.807) is 0 Å². The summed E-state index contributed by atoms with van der Waals surface area (Å²) in [5, 5.41) is 3.11. The molecule has 1 aromatic carbocycles. The average Bonchev–Trinajstić information content (AvgIpc) is 2.33. The van der Waals surface area contributed by atoms with E-state index in [4.69, 9.17) is 4.74 Å². The summed E-state index contributed by atoms with van der Waals surface area (Å²) in [7, 11) is 1.93. The number of rotatable bonds is 3. The topological polar surface area (TPSA) is 21.3 Å². The Labute approximate surface area is 98.0 Å². The predicted molar refractivity (Wildman–Crippen MR) is 68.0 cm³/mol. The molecule has 1 fully saturated rings. The van der Waals surface area contributed by atoms with Gasteiger partial charge in [0.1, 0.15) is 5.75 Å². The number of hydrogen-bond acceptors (Lipinski definition) is 2. The van der Waals surface area contributed by atoms with Gasteiger partial charge < -0.3 is 10.1 Å². The summed E-state index contributed by atoms with van der Waals surface area (Å²) in [5.41, 5.74) is 1.13. The highest BCUT2D eigenvalue weighted by Crippen LogP contribution is 2.27. The Kier molecular flexibility index (Phi) is 3.70. The first-order valence-corrected chi connectivity index (χ1v) is 6.22. The molecule has 0 aromatic heterocycles. The van der Waals surface area contributed by atoms with Crippen molar-refractivity contribution in [1.82, 2.24) is 0 Å². The fraction of sp³-hybridized carbons (Fsp3) is 0.571. The van der Waals surface area contributed by atoms with Crippen molar-refractivity contribution >= 4 is 5.69 Å². The van der Waals surface area contributed by atoms with Gasteiger partial charge in [0.25, 0.3) is 0 Å². The Balaban J connectivity index is 1.88. The first-order valence-electron chi connectivity index (χ1n) is 6.22. The lowest BCUT2D eigenvalue weighted by Gasteiger charge is -2.26. The van der Waals surface area contributed by atoms with Crippen LogP contribution in [-0.4, -0.2) is 13.2 Å². The minimum Gasteiger partial charge on any atom is -0.490 e. The third-order valence-corrected chi connectivity index (χ3v) is 3.41. The summed E-state index contributed by atoms with van der Waals surface area (Å²) < 4.78 is 5.98. The van der Waals surface area contributed by atoms with Gasteiger partial charge in [0.05, 0.1) is 6.10 Å². The number of ether oxygens (including phenoxy) is 1. The zero-order chi connectivity index (χ0) is 11.4. The van der Waals surface area contributed by atoms with Gasteiger partial charge in [-0.05, 0) is 55.9 Å². The predicted octanol–water partition coefficient (Wildman–Crippen LogP) is 3.69. The van der Waals surface area contributed by atoms with Gasteiger partial charge in [-0.2, -0.15) is 0 Å². The Hall–Kier alpha value is -1.18. The molecule has 1 aliphatic rings. The molecule has 0 bridgehead atoms. The van der Waals surface area contributed by atoms with Crippen LogP contribution in [0.1, 0.15) is 32.6 Å². The zero-order valence-electron chi connectivity index (χ0n) is 10.2. The molecular formula is C14H21NO. The quantitative estimate of drug-likeness (QED) is 0.837. The highest BCUT2D eigenvalue weighted by atomic mass is 16.5. The molecule has 1 aliphatic carbocycles. The largest absolute Gasteiger partial charge is 0.490 e. The van der Waals surface area contributed by atoms with Crippen LogP contribution in [0, 0.1) is 5.92 Å². The van der Waals surface area contributed by atoms with Crippen LogP contribution in [0.25, 0.3) is 0 Å². The van der Waals surface area contributed by atoms with Crippen molar-refractivity contribution in [3.8, 4) is 5.75 Å². The highest BCUT2D eigenvalue weighted by Gasteiger charge is 2.19. The van der Waals surface area contributed by atoms with Gasteiger partial charge in [0.2, 0.25) is 0 Å². The summed E-state index contributed by atoms with van der Waals surface area (Å²) in [5.74, 6) is 1.88. The summed E-state index contributed by atoms with van der Waals surface area (Å²) in [6, 6.07) is 8.20. The Morgan fingerprint density at radius 2 is 1.69 bits per heavy atom. The smallest absolute Gasteiger partial charge is 0.119 e. The van der Waals surface area contributed by atoms with Crippen LogP contribution in [0.3, 0.4) is 0 Å². The monoisotopic (exact) mass is 219 g/mol. The highest BCUT2D eigenvalue weighted by molar-refractivity contribution is 5.45. The van der Waals surface area contributed by atoms with E-state index in [9.17, 15) is 0 Å². The van der Waals surface area contributed by atoms with Crippen molar-refractivity contribution in [2.24, 2.45) is 5.92 Å². The molecule has 0 aliphatic heterocycles. The molecule has 16 heavy (non-hydrogen) atoms. The lowest BCUT2D eigenvalue weighted by Crippen LogP contribution is -2.22. The van der Waals surface area contributed by atoms with Crippen molar-refractivity contribution in [1.29, 1.82) is 0 Å². The van der Waals surface area contributed by atoms with Crippen LogP contribution in [-0.2, 0) is 0 Å². The van der Waals surface area contributed by atoms with E-state index in [0.717, 1.165) is 17.4 Å². The molecule has 2 nitrogen and oxygen atoms in total. The molecule has 0 atom stereocenters. The molecule has 0 heterocycles. The molecule has 0 unspecified atom stereocenters. The van der Waals surface area contributed by atoms with Crippen LogP contribution < -0.4 is 10.1 Å². The number of nitrogens with one attached hydrogen (secondary N) is 1. The fourth-order valence-corrected chi connectivity index (χ4v) is 2.24. The van der Waals surface area contributed by atoms with Crippen LogP contribution >= 0.6 is 0 Å². The van der Waals surface area contributed by atoms with E-state index < -0.39 is 0 Å². The average molecular weight is 219 g/mol. The van der Waals surface area contributed by atoms with E-state index in [1.165, 1.54) is 25.7 Å².